The lowest BCUT2D eigenvalue weighted by molar-refractivity contribution is -0.279. The molecule has 208 valence electrons. The van der Waals surface area contributed by atoms with Crippen LogP contribution in [-0.2, 0) is 14.3 Å². The first-order valence-electron chi connectivity index (χ1n) is 14.8. The normalized spacial score (nSPS) is 52.2. The zero-order valence-corrected chi connectivity index (χ0v) is 24.2. The Hall–Kier alpha value is -1.36. The maximum atomic E-state index is 13.8. The fraction of sp³-hybridized carbons (Fsp3) is 0.875. The third kappa shape index (κ3) is 3.31. The molecule has 37 heavy (non-hydrogen) atoms. The van der Waals surface area contributed by atoms with Gasteiger partial charge in [-0.2, -0.15) is 0 Å². The number of rotatable bonds is 3. The number of aliphatic carboxylic acids is 1. The van der Waals surface area contributed by atoms with Crippen LogP contribution >= 0.6 is 0 Å². The van der Waals surface area contributed by atoms with Gasteiger partial charge in [0.25, 0.3) is 0 Å². The molecule has 2 N–H and O–H groups in total. The lowest BCUT2D eigenvalue weighted by atomic mass is 9.31. The predicted molar refractivity (Wildman–Crippen MR) is 144 cm³/mol. The number of carbonyl (C=O) groups excluding carboxylic acids is 1. The summed E-state index contributed by atoms with van der Waals surface area (Å²) in [5.41, 5.74) is -0.518. The van der Waals surface area contributed by atoms with E-state index in [9.17, 15) is 19.8 Å². The molecule has 0 aromatic rings. The summed E-state index contributed by atoms with van der Waals surface area (Å²) in [6.07, 6.45) is 7.00. The van der Waals surface area contributed by atoms with Crippen LogP contribution in [0.3, 0.4) is 0 Å². The number of ether oxygens (including phenoxy) is 1. The van der Waals surface area contributed by atoms with Gasteiger partial charge in [0.2, 0.25) is 0 Å². The fourth-order valence-electron chi connectivity index (χ4n) is 11.8. The summed E-state index contributed by atoms with van der Waals surface area (Å²) in [7, 11) is 0. The highest BCUT2D eigenvalue weighted by atomic mass is 16.5. The van der Waals surface area contributed by atoms with Crippen LogP contribution in [0.1, 0.15) is 106 Å². The van der Waals surface area contributed by atoms with E-state index in [1.54, 1.807) is 0 Å². The molecule has 0 heterocycles. The summed E-state index contributed by atoms with van der Waals surface area (Å²) in [6, 6.07) is 0. The first-order chi connectivity index (χ1) is 17.1. The Morgan fingerprint density at radius 1 is 0.892 bits per heavy atom. The van der Waals surface area contributed by atoms with Gasteiger partial charge in [-0.25, -0.2) is 0 Å². The van der Waals surface area contributed by atoms with E-state index in [2.05, 4.69) is 48.1 Å². The Kier molecular flexibility index (Phi) is 6.12. The van der Waals surface area contributed by atoms with E-state index in [1.165, 1.54) is 25.3 Å². The highest BCUT2D eigenvalue weighted by Crippen LogP contribution is 2.77. The standard InChI is InChI=1S/C32H50O5/c1-18(2)20-11-13-29(6)15-16-30(7)21(26(20)29)9-10-23-31(8)22(12-14-32(23,30)27(35)36)28(4,5)24(34)17-25(31)37-19(3)33/h20-26,34H,1,9-17H2,2-8H3,(H,35,36). The molecule has 0 aliphatic heterocycles. The first-order valence-corrected chi connectivity index (χ1v) is 14.8. The van der Waals surface area contributed by atoms with Gasteiger partial charge in [0.15, 0.2) is 0 Å². The van der Waals surface area contributed by atoms with Crippen molar-refractivity contribution < 1.29 is 24.5 Å². The Balaban J connectivity index is 1.66. The largest absolute Gasteiger partial charge is 0.481 e. The Morgan fingerprint density at radius 3 is 2.16 bits per heavy atom. The minimum absolute atomic E-state index is 0.0919. The molecule has 11 atom stereocenters. The molecule has 0 radical (unpaired) electrons. The minimum Gasteiger partial charge on any atom is -0.481 e. The molecule has 5 rings (SSSR count). The molecule has 0 amide bonds. The van der Waals surface area contributed by atoms with E-state index < -0.39 is 29.0 Å². The summed E-state index contributed by atoms with van der Waals surface area (Å²) < 4.78 is 6.00. The molecule has 0 spiro atoms. The Bertz CT molecular complexity index is 1000. The molecule has 0 saturated heterocycles. The van der Waals surface area contributed by atoms with Crippen LogP contribution in [0.25, 0.3) is 0 Å². The summed E-state index contributed by atoms with van der Waals surface area (Å²) in [5, 5.41) is 22.5. The molecule has 5 heteroatoms. The van der Waals surface area contributed by atoms with Gasteiger partial charge in [-0.1, -0.05) is 46.8 Å². The highest BCUT2D eigenvalue weighted by Gasteiger charge is 2.76. The van der Waals surface area contributed by atoms with Gasteiger partial charge >= 0.3 is 11.9 Å². The first kappa shape index (κ1) is 27.2. The number of hydrogen-bond donors (Lipinski definition) is 2. The van der Waals surface area contributed by atoms with Crippen molar-refractivity contribution in [2.45, 2.75) is 118 Å². The van der Waals surface area contributed by atoms with Gasteiger partial charge in [0.05, 0.1) is 11.5 Å². The van der Waals surface area contributed by atoms with Gasteiger partial charge in [-0.3, -0.25) is 9.59 Å². The molecule has 5 fully saturated rings. The predicted octanol–water partition coefficient (Wildman–Crippen LogP) is 6.63. The zero-order chi connectivity index (χ0) is 27.3. The van der Waals surface area contributed by atoms with Crippen LogP contribution in [0.5, 0.6) is 0 Å². The van der Waals surface area contributed by atoms with Crippen LogP contribution in [0.4, 0.5) is 0 Å². The third-order valence-corrected chi connectivity index (χ3v) is 13.7. The van der Waals surface area contributed by atoms with Crippen molar-refractivity contribution in [3.05, 3.63) is 12.2 Å². The van der Waals surface area contributed by atoms with Gasteiger partial charge in [-0.15, -0.1) is 0 Å². The summed E-state index contributed by atoms with van der Waals surface area (Å²) >= 11 is 0. The van der Waals surface area contributed by atoms with Crippen LogP contribution in [0.15, 0.2) is 12.2 Å². The van der Waals surface area contributed by atoms with E-state index in [4.69, 9.17) is 4.74 Å². The number of aliphatic hydroxyl groups is 1. The topological polar surface area (TPSA) is 83.8 Å². The molecule has 5 aliphatic carbocycles. The van der Waals surface area contributed by atoms with Gasteiger partial charge < -0.3 is 14.9 Å². The minimum atomic E-state index is -0.860. The Morgan fingerprint density at radius 2 is 1.57 bits per heavy atom. The monoisotopic (exact) mass is 514 g/mol. The SMILES string of the molecule is C=C(C)C1CCC2(C)CCC3(C)C(CCC4C5(C)C(OC(C)=O)CC(O)C(C)(C)C5CCC43C(=O)O)C12. The number of aliphatic hydroxyl groups excluding tert-OH is 1. The van der Waals surface area contributed by atoms with E-state index in [-0.39, 0.29) is 34.1 Å². The lowest BCUT2D eigenvalue weighted by Gasteiger charge is -2.72. The van der Waals surface area contributed by atoms with Crippen molar-refractivity contribution in [1.82, 2.24) is 0 Å². The number of esters is 1. The van der Waals surface area contributed by atoms with Crippen LogP contribution in [0, 0.1) is 56.7 Å². The van der Waals surface area contributed by atoms with Crippen molar-refractivity contribution in [3.8, 4) is 0 Å². The van der Waals surface area contributed by atoms with Crippen LogP contribution in [-0.4, -0.2) is 34.4 Å². The van der Waals surface area contributed by atoms with E-state index in [0.717, 1.165) is 32.1 Å². The number of carbonyl (C=O) groups is 2. The summed E-state index contributed by atoms with van der Waals surface area (Å²) in [4.78, 5) is 26.0. The maximum Gasteiger partial charge on any atom is 0.310 e. The number of carboxylic acids is 1. The number of carboxylic acid groups (broad SMARTS) is 1. The summed E-state index contributed by atoms with van der Waals surface area (Å²) in [5.74, 6) is 0.325. The molecule has 0 bridgehead atoms. The van der Waals surface area contributed by atoms with Crippen molar-refractivity contribution >= 4 is 11.9 Å². The number of hydrogen-bond acceptors (Lipinski definition) is 4. The second-order valence-electron chi connectivity index (χ2n) is 15.2. The summed E-state index contributed by atoms with van der Waals surface area (Å²) in [6.45, 7) is 19.3. The second-order valence-corrected chi connectivity index (χ2v) is 15.2. The van der Waals surface area contributed by atoms with Crippen molar-refractivity contribution in [2.75, 3.05) is 0 Å². The maximum absolute atomic E-state index is 13.8. The van der Waals surface area contributed by atoms with E-state index in [1.807, 2.05) is 0 Å². The zero-order valence-electron chi connectivity index (χ0n) is 24.2. The van der Waals surface area contributed by atoms with Gasteiger partial charge in [0, 0.05) is 18.8 Å². The molecule has 0 aromatic heterocycles. The molecule has 5 saturated carbocycles. The molecule has 11 unspecified atom stereocenters. The third-order valence-electron chi connectivity index (χ3n) is 13.7. The van der Waals surface area contributed by atoms with Crippen LogP contribution < -0.4 is 0 Å². The molecule has 5 nitrogen and oxygen atoms in total. The quantitative estimate of drug-likeness (QED) is 0.326. The van der Waals surface area contributed by atoms with Gasteiger partial charge in [0.1, 0.15) is 6.10 Å². The van der Waals surface area contributed by atoms with E-state index in [0.29, 0.717) is 30.6 Å². The van der Waals surface area contributed by atoms with Crippen LogP contribution in [0.2, 0.25) is 0 Å². The van der Waals surface area contributed by atoms with E-state index >= 15 is 0 Å². The molecule has 5 aliphatic rings. The fourth-order valence-corrected chi connectivity index (χ4v) is 11.8. The smallest absolute Gasteiger partial charge is 0.310 e. The Labute approximate surface area is 223 Å². The molecule has 0 aromatic carbocycles. The van der Waals surface area contributed by atoms with Crippen molar-refractivity contribution in [3.63, 3.8) is 0 Å². The highest BCUT2D eigenvalue weighted by molar-refractivity contribution is 5.77. The molecular weight excluding hydrogens is 464 g/mol. The van der Waals surface area contributed by atoms with Gasteiger partial charge in [-0.05, 0) is 104 Å². The van der Waals surface area contributed by atoms with Crippen molar-refractivity contribution in [2.24, 2.45) is 56.7 Å². The average Bonchev–Trinajstić information content (AvgIpc) is 3.15. The molecular formula is C32H50O5. The van der Waals surface area contributed by atoms with Crippen molar-refractivity contribution in [1.29, 1.82) is 0 Å². The number of allylic oxidation sites excluding steroid dienone is 1. The second kappa shape index (κ2) is 8.32. The average molecular weight is 515 g/mol. The number of fused-ring (bicyclic) bond motifs is 7. The lowest BCUT2D eigenvalue weighted by Crippen LogP contribution is -2.72.